The molecule has 2 rings (SSSR count). The van der Waals surface area contributed by atoms with E-state index in [0.717, 1.165) is 0 Å². The Balaban J connectivity index is 1.83. The quantitative estimate of drug-likeness (QED) is 0.695. The third-order valence-corrected chi connectivity index (χ3v) is 4.33. The second-order valence-corrected chi connectivity index (χ2v) is 6.05. The van der Waals surface area contributed by atoms with Crippen molar-refractivity contribution in [2.75, 3.05) is 33.8 Å². The number of amides is 3. The molecule has 0 unspecified atom stereocenters. The Bertz CT molecular complexity index is 626. The van der Waals surface area contributed by atoms with Crippen LogP contribution >= 0.6 is 0 Å². The molecule has 1 aromatic rings. The van der Waals surface area contributed by atoms with Crippen molar-refractivity contribution in [1.82, 2.24) is 15.5 Å². The summed E-state index contributed by atoms with van der Waals surface area (Å²) >= 11 is 0. The monoisotopic (exact) mass is 353 g/mol. The van der Waals surface area contributed by atoms with E-state index < -0.39 is 6.10 Å². The SMILES string of the molecule is CNC(=O)C[C@@H]1CN(C(=O)NCCc2cc(F)ccc2OC)C[C@H]1O. The van der Waals surface area contributed by atoms with E-state index in [1.807, 2.05) is 0 Å². The van der Waals surface area contributed by atoms with Gasteiger partial charge in [0.25, 0.3) is 0 Å². The van der Waals surface area contributed by atoms with Crippen LogP contribution < -0.4 is 15.4 Å². The molecule has 0 spiro atoms. The van der Waals surface area contributed by atoms with Crippen LogP contribution in [0.4, 0.5) is 9.18 Å². The summed E-state index contributed by atoms with van der Waals surface area (Å²) in [6, 6.07) is 3.93. The predicted octanol–water partition coefficient (Wildman–Crippen LogP) is 0.515. The van der Waals surface area contributed by atoms with Gasteiger partial charge in [-0.2, -0.15) is 0 Å². The number of urea groups is 1. The molecule has 0 aliphatic carbocycles. The molecule has 1 fully saturated rings. The number of carbonyl (C=O) groups excluding carboxylic acids is 2. The molecule has 0 saturated carbocycles. The van der Waals surface area contributed by atoms with Crippen LogP contribution in [0.5, 0.6) is 5.75 Å². The molecule has 0 radical (unpaired) electrons. The van der Waals surface area contributed by atoms with Crippen LogP contribution in [0.25, 0.3) is 0 Å². The average Bonchev–Trinajstić information content (AvgIpc) is 2.95. The maximum Gasteiger partial charge on any atom is 0.317 e. The zero-order valence-corrected chi connectivity index (χ0v) is 14.4. The van der Waals surface area contributed by atoms with E-state index in [9.17, 15) is 19.1 Å². The zero-order valence-electron chi connectivity index (χ0n) is 14.4. The van der Waals surface area contributed by atoms with Crippen LogP contribution in [0.1, 0.15) is 12.0 Å². The second kappa shape index (κ2) is 8.66. The van der Waals surface area contributed by atoms with Gasteiger partial charge >= 0.3 is 6.03 Å². The summed E-state index contributed by atoms with van der Waals surface area (Å²) in [5, 5.41) is 15.3. The van der Waals surface area contributed by atoms with Gasteiger partial charge in [-0.15, -0.1) is 0 Å². The Morgan fingerprint density at radius 1 is 1.40 bits per heavy atom. The number of aliphatic hydroxyl groups is 1. The van der Waals surface area contributed by atoms with Crippen molar-refractivity contribution >= 4 is 11.9 Å². The van der Waals surface area contributed by atoms with E-state index >= 15 is 0 Å². The smallest absolute Gasteiger partial charge is 0.317 e. The number of ether oxygens (including phenoxy) is 1. The van der Waals surface area contributed by atoms with Crippen molar-refractivity contribution in [2.45, 2.75) is 18.9 Å². The maximum atomic E-state index is 13.3. The van der Waals surface area contributed by atoms with Crippen molar-refractivity contribution in [3.8, 4) is 5.75 Å². The molecule has 1 aromatic carbocycles. The molecular weight excluding hydrogens is 329 g/mol. The van der Waals surface area contributed by atoms with Crippen LogP contribution in [-0.4, -0.2) is 61.8 Å². The number of methoxy groups -OCH3 is 1. The number of carbonyl (C=O) groups is 2. The molecule has 138 valence electrons. The summed E-state index contributed by atoms with van der Waals surface area (Å²) in [5.41, 5.74) is 0.668. The first-order chi connectivity index (χ1) is 11.9. The fourth-order valence-corrected chi connectivity index (χ4v) is 2.92. The lowest BCUT2D eigenvalue weighted by atomic mass is 10.0. The van der Waals surface area contributed by atoms with Crippen molar-refractivity contribution in [3.05, 3.63) is 29.6 Å². The Kier molecular flexibility index (Phi) is 6.58. The molecule has 1 aliphatic rings. The third-order valence-electron chi connectivity index (χ3n) is 4.33. The van der Waals surface area contributed by atoms with E-state index in [4.69, 9.17) is 4.74 Å². The number of nitrogens with zero attached hydrogens (tertiary/aromatic N) is 1. The number of halogens is 1. The molecular formula is C17H24FN3O4. The molecule has 1 aliphatic heterocycles. The highest BCUT2D eigenvalue weighted by Gasteiger charge is 2.34. The van der Waals surface area contributed by atoms with E-state index in [1.54, 1.807) is 6.07 Å². The van der Waals surface area contributed by atoms with Crippen LogP contribution in [0.15, 0.2) is 18.2 Å². The van der Waals surface area contributed by atoms with Gasteiger partial charge in [0.1, 0.15) is 11.6 Å². The highest BCUT2D eigenvalue weighted by atomic mass is 19.1. The van der Waals surface area contributed by atoms with E-state index in [2.05, 4.69) is 10.6 Å². The van der Waals surface area contributed by atoms with Crippen molar-refractivity contribution < 1.29 is 23.8 Å². The third kappa shape index (κ3) is 5.06. The van der Waals surface area contributed by atoms with Gasteiger partial charge in [-0.3, -0.25) is 4.79 Å². The van der Waals surface area contributed by atoms with Gasteiger partial charge in [0.2, 0.25) is 5.91 Å². The van der Waals surface area contributed by atoms with Gasteiger partial charge in [-0.05, 0) is 30.2 Å². The van der Waals surface area contributed by atoms with Gasteiger partial charge < -0.3 is 25.4 Å². The lowest BCUT2D eigenvalue weighted by Gasteiger charge is -2.17. The minimum absolute atomic E-state index is 0.162. The fourth-order valence-electron chi connectivity index (χ4n) is 2.92. The predicted molar refractivity (Wildman–Crippen MR) is 89.8 cm³/mol. The number of benzene rings is 1. The Morgan fingerprint density at radius 2 is 2.16 bits per heavy atom. The summed E-state index contributed by atoms with van der Waals surface area (Å²) in [7, 11) is 3.04. The highest BCUT2D eigenvalue weighted by molar-refractivity contribution is 5.77. The van der Waals surface area contributed by atoms with Gasteiger partial charge in [-0.25, -0.2) is 9.18 Å². The number of likely N-dealkylation sites (tertiary alicyclic amines) is 1. The number of aliphatic hydroxyl groups excluding tert-OH is 1. The van der Waals surface area contributed by atoms with Crippen molar-refractivity contribution in [1.29, 1.82) is 0 Å². The van der Waals surface area contributed by atoms with Crippen LogP contribution in [0, 0.1) is 11.7 Å². The molecule has 8 heteroatoms. The summed E-state index contributed by atoms with van der Waals surface area (Å²) in [6.45, 7) is 0.825. The van der Waals surface area contributed by atoms with Gasteiger partial charge in [0, 0.05) is 39.0 Å². The first-order valence-corrected chi connectivity index (χ1v) is 8.18. The lowest BCUT2D eigenvalue weighted by Crippen LogP contribution is -2.40. The molecule has 2 atom stereocenters. The van der Waals surface area contributed by atoms with E-state index in [1.165, 1.54) is 31.2 Å². The standard InChI is InChI=1S/C17H24FN3O4/c1-19-16(23)8-12-9-21(10-14(12)22)17(24)20-6-5-11-7-13(18)3-4-15(11)25-2/h3-4,7,12,14,22H,5-6,8-10H2,1-2H3,(H,19,23)(H,20,24)/t12-,14-/m1/s1. The summed E-state index contributed by atoms with van der Waals surface area (Å²) in [5.74, 6) is -0.224. The van der Waals surface area contributed by atoms with E-state index in [-0.39, 0.29) is 36.6 Å². The van der Waals surface area contributed by atoms with Crippen LogP contribution in [0.3, 0.4) is 0 Å². The topological polar surface area (TPSA) is 90.9 Å². The van der Waals surface area contributed by atoms with Crippen LogP contribution in [0.2, 0.25) is 0 Å². The first-order valence-electron chi connectivity index (χ1n) is 8.18. The largest absolute Gasteiger partial charge is 0.496 e. The average molecular weight is 353 g/mol. The lowest BCUT2D eigenvalue weighted by molar-refractivity contribution is -0.122. The van der Waals surface area contributed by atoms with Gasteiger partial charge in [0.15, 0.2) is 0 Å². The molecule has 0 aromatic heterocycles. The van der Waals surface area contributed by atoms with Gasteiger partial charge in [-0.1, -0.05) is 0 Å². The number of hydrogen-bond acceptors (Lipinski definition) is 4. The number of hydrogen-bond donors (Lipinski definition) is 3. The fraction of sp³-hybridized carbons (Fsp3) is 0.529. The Labute approximate surface area is 146 Å². The molecule has 0 bridgehead atoms. The Hall–Kier alpha value is -2.35. The Morgan fingerprint density at radius 3 is 2.84 bits per heavy atom. The van der Waals surface area contributed by atoms with E-state index in [0.29, 0.717) is 30.8 Å². The molecule has 1 heterocycles. The van der Waals surface area contributed by atoms with Crippen LogP contribution in [-0.2, 0) is 11.2 Å². The zero-order chi connectivity index (χ0) is 18.4. The summed E-state index contributed by atoms with van der Waals surface area (Å²) in [4.78, 5) is 25.1. The minimum Gasteiger partial charge on any atom is -0.496 e. The molecule has 3 amide bonds. The molecule has 7 nitrogen and oxygen atoms in total. The number of nitrogens with one attached hydrogen (secondary N) is 2. The highest BCUT2D eigenvalue weighted by Crippen LogP contribution is 2.21. The number of β-amino-alcohol motifs (C(OH)–C–C–N with tert-alkyl or cyclic N) is 1. The minimum atomic E-state index is -0.716. The van der Waals surface area contributed by atoms with Crippen molar-refractivity contribution in [3.63, 3.8) is 0 Å². The van der Waals surface area contributed by atoms with Gasteiger partial charge in [0.05, 0.1) is 13.2 Å². The number of rotatable bonds is 6. The summed E-state index contributed by atoms with van der Waals surface area (Å²) < 4.78 is 18.5. The normalized spacial score (nSPS) is 19.6. The summed E-state index contributed by atoms with van der Waals surface area (Å²) in [6.07, 6.45) is -0.112. The molecule has 3 N–H and O–H groups in total. The first kappa shape index (κ1) is 19.0. The molecule has 1 saturated heterocycles. The second-order valence-electron chi connectivity index (χ2n) is 6.05. The molecule has 25 heavy (non-hydrogen) atoms. The maximum absolute atomic E-state index is 13.3. The van der Waals surface area contributed by atoms with Crippen molar-refractivity contribution in [2.24, 2.45) is 5.92 Å².